The summed E-state index contributed by atoms with van der Waals surface area (Å²) in [5.74, 6) is -1.05. The number of hydrogen-bond acceptors (Lipinski definition) is 3. The summed E-state index contributed by atoms with van der Waals surface area (Å²) in [6, 6.07) is 12.3. The standard InChI is InChI=1S/C20H20FN3O3/c1-14(25)22-18-7-3-5-16(13-18)20(27)24-10-8-23(9-11-24)19(26)15-4-2-6-17(21)12-15/h2-7,12-13H,8-11H2,1H3,(H,22,25). The van der Waals surface area contributed by atoms with Crippen molar-refractivity contribution in [3.8, 4) is 0 Å². The largest absolute Gasteiger partial charge is 0.335 e. The lowest BCUT2D eigenvalue weighted by atomic mass is 10.1. The first-order chi connectivity index (χ1) is 12.9. The van der Waals surface area contributed by atoms with Gasteiger partial charge in [0.2, 0.25) is 5.91 Å². The highest BCUT2D eigenvalue weighted by Crippen LogP contribution is 2.15. The van der Waals surface area contributed by atoms with Gasteiger partial charge >= 0.3 is 0 Å². The van der Waals surface area contributed by atoms with E-state index < -0.39 is 5.82 Å². The summed E-state index contributed by atoms with van der Waals surface area (Å²) in [6.07, 6.45) is 0. The summed E-state index contributed by atoms with van der Waals surface area (Å²) in [5, 5.41) is 2.65. The molecule has 1 fully saturated rings. The fraction of sp³-hybridized carbons (Fsp3) is 0.250. The van der Waals surface area contributed by atoms with Gasteiger partial charge < -0.3 is 15.1 Å². The average molecular weight is 369 g/mol. The van der Waals surface area contributed by atoms with E-state index in [0.717, 1.165) is 0 Å². The number of benzene rings is 2. The van der Waals surface area contributed by atoms with Crippen molar-refractivity contribution in [2.75, 3.05) is 31.5 Å². The van der Waals surface area contributed by atoms with Crippen molar-refractivity contribution < 1.29 is 18.8 Å². The molecule has 27 heavy (non-hydrogen) atoms. The quantitative estimate of drug-likeness (QED) is 0.903. The number of nitrogens with zero attached hydrogens (tertiary/aromatic N) is 2. The van der Waals surface area contributed by atoms with Gasteiger partial charge in [0.25, 0.3) is 11.8 Å². The number of carbonyl (C=O) groups is 3. The molecular weight excluding hydrogens is 349 g/mol. The van der Waals surface area contributed by atoms with E-state index in [2.05, 4.69) is 5.32 Å². The predicted molar refractivity (Wildman–Crippen MR) is 99.0 cm³/mol. The van der Waals surface area contributed by atoms with E-state index in [1.54, 1.807) is 40.1 Å². The first kappa shape index (κ1) is 18.6. The van der Waals surface area contributed by atoms with E-state index >= 15 is 0 Å². The Kier molecular flexibility index (Phi) is 5.49. The molecule has 0 unspecified atom stereocenters. The molecule has 3 amide bonds. The van der Waals surface area contributed by atoms with Gasteiger partial charge in [-0.3, -0.25) is 14.4 Å². The highest BCUT2D eigenvalue weighted by molar-refractivity contribution is 5.97. The second-order valence-corrected chi connectivity index (χ2v) is 6.36. The molecule has 140 valence electrons. The third-order valence-corrected chi connectivity index (χ3v) is 4.36. The predicted octanol–water partition coefficient (Wildman–Crippen LogP) is 2.38. The number of rotatable bonds is 3. The summed E-state index contributed by atoms with van der Waals surface area (Å²) in [7, 11) is 0. The Morgan fingerprint density at radius 2 is 1.37 bits per heavy atom. The van der Waals surface area contributed by atoms with Gasteiger partial charge in [-0.15, -0.1) is 0 Å². The van der Waals surface area contributed by atoms with Crippen LogP contribution in [0.5, 0.6) is 0 Å². The Balaban J connectivity index is 1.62. The van der Waals surface area contributed by atoms with Crippen LogP contribution in [0.3, 0.4) is 0 Å². The summed E-state index contributed by atoms with van der Waals surface area (Å²) in [5.41, 5.74) is 1.34. The van der Waals surface area contributed by atoms with Gasteiger partial charge in [0.1, 0.15) is 5.82 Å². The number of piperazine rings is 1. The fourth-order valence-electron chi connectivity index (χ4n) is 3.03. The molecule has 0 bridgehead atoms. The van der Waals surface area contributed by atoms with Crippen molar-refractivity contribution in [1.29, 1.82) is 0 Å². The van der Waals surface area contributed by atoms with Crippen LogP contribution in [0.1, 0.15) is 27.6 Å². The number of amides is 3. The van der Waals surface area contributed by atoms with Crippen LogP contribution < -0.4 is 5.32 Å². The molecule has 0 saturated carbocycles. The zero-order chi connectivity index (χ0) is 19.4. The lowest BCUT2D eigenvalue weighted by molar-refractivity contribution is -0.114. The van der Waals surface area contributed by atoms with Gasteiger partial charge in [0, 0.05) is 49.9 Å². The Morgan fingerprint density at radius 3 is 1.89 bits per heavy atom. The Morgan fingerprint density at radius 1 is 0.852 bits per heavy atom. The summed E-state index contributed by atoms with van der Waals surface area (Å²) < 4.78 is 13.3. The Hall–Kier alpha value is -3.22. The fourth-order valence-corrected chi connectivity index (χ4v) is 3.03. The summed E-state index contributed by atoms with van der Waals surface area (Å²) in [4.78, 5) is 39.6. The van der Waals surface area contributed by atoms with E-state index in [4.69, 9.17) is 0 Å². The van der Waals surface area contributed by atoms with Crippen LogP contribution in [-0.2, 0) is 4.79 Å². The van der Waals surface area contributed by atoms with Crippen molar-refractivity contribution in [3.63, 3.8) is 0 Å². The highest BCUT2D eigenvalue weighted by Gasteiger charge is 2.25. The summed E-state index contributed by atoms with van der Waals surface area (Å²) in [6.45, 7) is 2.96. The van der Waals surface area contributed by atoms with Gasteiger partial charge in [-0.1, -0.05) is 12.1 Å². The zero-order valence-electron chi connectivity index (χ0n) is 14.9. The van der Waals surface area contributed by atoms with Gasteiger partial charge in [-0.25, -0.2) is 4.39 Å². The maximum atomic E-state index is 13.3. The van der Waals surface area contributed by atoms with Crippen molar-refractivity contribution >= 4 is 23.4 Å². The maximum absolute atomic E-state index is 13.3. The lowest BCUT2D eigenvalue weighted by Crippen LogP contribution is -2.50. The van der Waals surface area contributed by atoms with Crippen molar-refractivity contribution in [1.82, 2.24) is 9.80 Å². The number of hydrogen-bond donors (Lipinski definition) is 1. The third-order valence-electron chi connectivity index (χ3n) is 4.36. The molecule has 3 rings (SSSR count). The van der Waals surface area contributed by atoms with Gasteiger partial charge in [-0.2, -0.15) is 0 Å². The average Bonchev–Trinajstić information content (AvgIpc) is 2.66. The van der Waals surface area contributed by atoms with E-state index in [0.29, 0.717) is 43.0 Å². The van der Waals surface area contributed by atoms with E-state index in [9.17, 15) is 18.8 Å². The molecule has 0 aromatic heterocycles. The summed E-state index contributed by atoms with van der Waals surface area (Å²) >= 11 is 0. The molecule has 0 radical (unpaired) electrons. The van der Waals surface area contributed by atoms with Crippen LogP contribution in [0.2, 0.25) is 0 Å². The molecule has 1 aliphatic rings. The van der Waals surface area contributed by atoms with Crippen LogP contribution in [0, 0.1) is 5.82 Å². The van der Waals surface area contributed by atoms with Crippen LogP contribution in [0.15, 0.2) is 48.5 Å². The molecule has 1 aliphatic heterocycles. The second-order valence-electron chi connectivity index (χ2n) is 6.36. The van der Waals surface area contributed by atoms with E-state index in [1.165, 1.54) is 25.1 Å². The highest BCUT2D eigenvalue weighted by atomic mass is 19.1. The normalized spacial score (nSPS) is 14.0. The van der Waals surface area contributed by atoms with Crippen molar-refractivity contribution in [2.45, 2.75) is 6.92 Å². The number of carbonyl (C=O) groups excluding carboxylic acids is 3. The molecule has 0 aliphatic carbocycles. The van der Waals surface area contributed by atoms with Crippen molar-refractivity contribution in [2.24, 2.45) is 0 Å². The first-order valence-electron chi connectivity index (χ1n) is 8.66. The van der Waals surface area contributed by atoms with Crippen LogP contribution in [-0.4, -0.2) is 53.7 Å². The van der Waals surface area contributed by atoms with Gasteiger partial charge in [0.05, 0.1) is 0 Å². The smallest absolute Gasteiger partial charge is 0.254 e. The monoisotopic (exact) mass is 369 g/mol. The second kappa shape index (κ2) is 7.99. The number of anilines is 1. The zero-order valence-corrected chi connectivity index (χ0v) is 14.9. The van der Waals surface area contributed by atoms with Crippen molar-refractivity contribution in [3.05, 3.63) is 65.5 Å². The molecule has 0 spiro atoms. The molecule has 6 nitrogen and oxygen atoms in total. The maximum Gasteiger partial charge on any atom is 0.254 e. The van der Waals surface area contributed by atoms with E-state index in [-0.39, 0.29) is 17.7 Å². The van der Waals surface area contributed by atoms with Crippen LogP contribution in [0.4, 0.5) is 10.1 Å². The Labute approximate surface area is 156 Å². The number of halogens is 1. The third kappa shape index (κ3) is 4.49. The lowest BCUT2D eigenvalue weighted by Gasteiger charge is -2.35. The van der Waals surface area contributed by atoms with Gasteiger partial charge in [-0.05, 0) is 36.4 Å². The SMILES string of the molecule is CC(=O)Nc1cccc(C(=O)N2CCN(C(=O)c3cccc(F)c3)CC2)c1. The number of nitrogens with one attached hydrogen (secondary N) is 1. The molecule has 1 saturated heterocycles. The molecule has 0 atom stereocenters. The minimum absolute atomic E-state index is 0.153. The Bertz CT molecular complexity index is 876. The minimum atomic E-state index is -0.450. The first-order valence-corrected chi connectivity index (χ1v) is 8.66. The van der Waals surface area contributed by atoms with Gasteiger partial charge in [0.15, 0.2) is 0 Å². The molecule has 1 heterocycles. The minimum Gasteiger partial charge on any atom is -0.335 e. The van der Waals surface area contributed by atoms with Crippen LogP contribution in [0.25, 0.3) is 0 Å². The van der Waals surface area contributed by atoms with E-state index in [1.807, 2.05) is 0 Å². The molecule has 7 heteroatoms. The molecular formula is C20H20FN3O3. The topological polar surface area (TPSA) is 69.7 Å². The molecule has 2 aromatic rings. The van der Waals surface area contributed by atoms with Crippen LogP contribution >= 0.6 is 0 Å². The molecule has 1 N–H and O–H groups in total. The molecule has 2 aromatic carbocycles.